The zero-order valence-electron chi connectivity index (χ0n) is 12.1. The first-order valence-electron chi connectivity index (χ1n) is 7.43. The van der Waals surface area contributed by atoms with Crippen molar-refractivity contribution in [2.45, 2.75) is 45.6 Å². The third kappa shape index (κ3) is 3.87. The highest BCUT2D eigenvalue weighted by Crippen LogP contribution is 2.31. The van der Waals surface area contributed by atoms with Crippen molar-refractivity contribution in [2.75, 3.05) is 19.6 Å². The molecule has 1 aliphatic heterocycles. The number of phenolic OH excluding ortho intramolecular Hbond substituents is 1. The second-order valence-electron chi connectivity index (χ2n) is 5.37. The lowest BCUT2D eigenvalue weighted by molar-refractivity contribution is 0.113. The molecule has 1 unspecified atom stereocenters. The Hall–Kier alpha value is -1.22. The Morgan fingerprint density at radius 1 is 1.26 bits per heavy atom. The first-order chi connectivity index (χ1) is 9.22. The number of nitrogens with zero attached hydrogens (tertiary/aromatic N) is 1. The van der Waals surface area contributed by atoms with Gasteiger partial charge in [-0.25, -0.2) is 0 Å². The van der Waals surface area contributed by atoms with Crippen LogP contribution >= 0.6 is 0 Å². The van der Waals surface area contributed by atoms with Crippen molar-refractivity contribution in [2.24, 2.45) is 0 Å². The molecule has 3 nitrogen and oxygen atoms in total. The van der Waals surface area contributed by atoms with Crippen LogP contribution in [0.3, 0.4) is 0 Å². The molecule has 106 valence electrons. The molecule has 2 rings (SSSR count). The summed E-state index contributed by atoms with van der Waals surface area (Å²) in [4.78, 5) is 2.48. The Labute approximate surface area is 116 Å². The van der Waals surface area contributed by atoms with Gasteiger partial charge in [0.15, 0.2) is 0 Å². The highest BCUT2D eigenvalue weighted by atomic mass is 16.5. The van der Waals surface area contributed by atoms with Crippen molar-refractivity contribution in [1.29, 1.82) is 0 Å². The quantitative estimate of drug-likeness (QED) is 0.855. The van der Waals surface area contributed by atoms with Gasteiger partial charge >= 0.3 is 0 Å². The zero-order valence-corrected chi connectivity index (χ0v) is 12.1. The van der Waals surface area contributed by atoms with E-state index >= 15 is 0 Å². The van der Waals surface area contributed by atoms with E-state index in [-0.39, 0.29) is 6.10 Å². The maximum absolute atomic E-state index is 9.53. The first kappa shape index (κ1) is 14.2. The van der Waals surface area contributed by atoms with Crippen LogP contribution in [0.2, 0.25) is 0 Å². The molecular weight excluding hydrogens is 238 g/mol. The van der Waals surface area contributed by atoms with E-state index in [0.717, 1.165) is 38.2 Å². The fourth-order valence-electron chi connectivity index (χ4n) is 2.76. The fourth-order valence-corrected chi connectivity index (χ4v) is 2.76. The van der Waals surface area contributed by atoms with E-state index in [2.05, 4.69) is 18.7 Å². The van der Waals surface area contributed by atoms with Gasteiger partial charge in [0.1, 0.15) is 17.6 Å². The summed E-state index contributed by atoms with van der Waals surface area (Å²) in [5.74, 6) is 1.16. The topological polar surface area (TPSA) is 32.7 Å². The maximum Gasteiger partial charge on any atom is 0.126 e. The third-order valence-electron chi connectivity index (χ3n) is 3.62. The lowest BCUT2D eigenvalue weighted by Gasteiger charge is -2.31. The van der Waals surface area contributed by atoms with Gasteiger partial charge in [0.05, 0.1) is 0 Å². The maximum atomic E-state index is 9.53. The largest absolute Gasteiger partial charge is 0.508 e. The standard InChI is InChI=1S/C16H25NO2/c1-3-9-17(10-4-2)12-15-8-6-13-5-7-14(18)11-16(13)19-15/h5,7,11,15,18H,3-4,6,8-10,12H2,1-2H3. The summed E-state index contributed by atoms with van der Waals surface area (Å²) in [5.41, 5.74) is 1.21. The van der Waals surface area contributed by atoms with E-state index in [1.54, 1.807) is 12.1 Å². The number of hydrogen-bond acceptors (Lipinski definition) is 3. The molecule has 1 heterocycles. The van der Waals surface area contributed by atoms with Crippen LogP contribution in [0.15, 0.2) is 18.2 Å². The van der Waals surface area contributed by atoms with E-state index in [1.165, 1.54) is 18.4 Å². The van der Waals surface area contributed by atoms with Crippen LogP contribution in [0.5, 0.6) is 11.5 Å². The van der Waals surface area contributed by atoms with E-state index in [4.69, 9.17) is 4.74 Å². The van der Waals surface area contributed by atoms with Gasteiger partial charge in [-0.1, -0.05) is 19.9 Å². The number of benzene rings is 1. The van der Waals surface area contributed by atoms with Crippen LogP contribution in [0.4, 0.5) is 0 Å². The van der Waals surface area contributed by atoms with Crippen LogP contribution in [-0.2, 0) is 6.42 Å². The predicted octanol–water partition coefficient (Wildman–Crippen LogP) is 3.21. The van der Waals surface area contributed by atoms with Crippen molar-refractivity contribution in [3.8, 4) is 11.5 Å². The van der Waals surface area contributed by atoms with Gasteiger partial charge in [0, 0.05) is 12.6 Å². The molecule has 0 aliphatic carbocycles. The Kier molecular flexibility index (Phi) is 5.08. The number of aryl methyl sites for hydroxylation is 1. The van der Waals surface area contributed by atoms with Crippen LogP contribution in [0.25, 0.3) is 0 Å². The number of ether oxygens (including phenoxy) is 1. The van der Waals surface area contributed by atoms with Crippen LogP contribution in [0.1, 0.15) is 38.7 Å². The molecule has 0 saturated heterocycles. The molecule has 1 aromatic rings. The van der Waals surface area contributed by atoms with Crippen LogP contribution < -0.4 is 4.74 Å². The smallest absolute Gasteiger partial charge is 0.126 e. The Morgan fingerprint density at radius 2 is 2.00 bits per heavy atom. The molecule has 1 aromatic carbocycles. The molecular formula is C16H25NO2. The van der Waals surface area contributed by atoms with Gasteiger partial charge in [-0.3, -0.25) is 4.90 Å². The minimum atomic E-state index is 0.257. The van der Waals surface area contributed by atoms with Gasteiger partial charge in [-0.15, -0.1) is 0 Å². The number of fused-ring (bicyclic) bond motifs is 1. The molecule has 1 aliphatic rings. The molecule has 0 amide bonds. The van der Waals surface area contributed by atoms with Crippen molar-refractivity contribution >= 4 is 0 Å². The van der Waals surface area contributed by atoms with Gasteiger partial charge in [-0.05, 0) is 50.4 Å². The summed E-state index contributed by atoms with van der Waals surface area (Å²) < 4.78 is 6.03. The minimum Gasteiger partial charge on any atom is -0.508 e. The molecule has 1 atom stereocenters. The molecule has 1 N–H and O–H groups in total. The Bertz CT molecular complexity index is 400. The fraction of sp³-hybridized carbons (Fsp3) is 0.625. The SMILES string of the molecule is CCCN(CCC)CC1CCc2ccc(O)cc2O1. The number of rotatable bonds is 6. The monoisotopic (exact) mass is 263 g/mol. The van der Waals surface area contributed by atoms with Crippen molar-refractivity contribution in [1.82, 2.24) is 4.90 Å². The lowest BCUT2D eigenvalue weighted by Crippen LogP contribution is -2.38. The molecule has 3 heteroatoms. The minimum absolute atomic E-state index is 0.257. The van der Waals surface area contributed by atoms with Gasteiger partial charge in [-0.2, -0.15) is 0 Å². The number of hydrogen-bond donors (Lipinski definition) is 1. The zero-order chi connectivity index (χ0) is 13.7. The van der Waals surface area contributed by atoms with Crippen LogP contribution in [0, 0.1) is 0 Å². The Balaban J connectivity index is 1.96. The second-order valence-corrected chi connectivity index (χ2v) is 5.37. The average Bonchev–Trinajstić information content (AvgIpc) is 2.39. The highest BCUT2D eigenvalue weighted by Gasteiger charge is 2.21. The number of aromatic hydroxyl groups is 1. The normalized spacial score (nSPS) is 18.2. The summed E-state index contributed by atoms with van der Waals surface area (Å²) in [6.45, 7) is 7.72. The molecule has 0 saturated carbocycles. The van der Waals surface area contributed by atoms with E-state index < -0.39 is 0 Å². The molecule has 0 aromatic heterocycles. The van der Waals surface area contributed by atoms with Gasteiger partial charge in [0.2, 0.25) is 0 Å². The molecule has 0 spiro atoms. The summed E-state index contributed by atoms with van der Waals surface area (Å²) in [7, 11) is 0. The summed E-state index contributed by atoms with van der Waals surface area (Å²) >= 11 is 0. The van der Waals surface area contributed by atoms with Gasteiger partial charge in [0.25, 0.3) is 0 Å². The molecule has 0 radical (unpaired) electrons. The first-order valence-corrected chi connectivity index (χ1v) is 7.43. The third-order valence-corrected chi connectivity index (χ3v) is 3.62. The Morgan fingerprint density at radius 3 is 2.68 bits per heavy atom. The number of phenols is 1. The predicted molar refractivity (Wildman–Crippen MR) is 77.9 cm³/mol. The summed E-state index contributed by atoms with van der Waals surface area (Å²) in [6, 6.07) is 5.45. The molecule has 0 fully saturated rings. The van der Waals surface area contributed by atoms with Crippen molar-refractivity contribution in [3.05, 3.63) is 23.8 Å². The van der Waals surface area contributed by atoms with Crippen molar-refractivity contribution in [3.63, 3.8) is 0 Å². The lowest BCUT2D eigenvalue weighted by atomic mass is 10.0. The molecule has 0 bridgehead atoms. The summed E-state index contributed by atoms with van der Waals surface area (Å²) in [6.07, 6.45) is 4.75. The van der Waals surface area contributed by atoms with E-state index in [1.807, 2.05) is 6.07 Å². The van der Waals surface area contributed by atoms with Crippen molar-refractivity contribution < 1.29 is 9.84 Å². The van der Waals surface area contributed by atoms with Gasteiger partial charge < -0.3 is 9.84 Å². The van der Waals surface area contributed by atoms with E-state index in [9.17, 15) is 5.11 Å². The molecule has 19 heavy (non-hydrogen) atoms. The average molecular weight is 263 g/mol. The highest BCUT2D eigenvalue weighted by molar-refractivity contribution is 5.41. The summed E-state index contributed by atoms with van der Waals surface area (Å²) in [5, 5.41) is 9.53. The second kappa shape index (κ2) is 6.80. The van der Waals surface area contributed by atoms with Crippen LogP contribution in [-0.4, -0.2) is 35.7 Å². The van der Waals surface area contributed by atoms with E-state index in [0.29, 0.717) is 5.75 Å².